The third-order valence-electron chi connectivity index (χ3n) is 15.3. The Morgan fingerprint density at radius 2 is 0.721 bits per heavy atom. The predicted octanol–water partition coefficient (Wildman–Crippen LogP) is 22.4. The lowest BCUT2D eigenvalue weighted by Crippen LogP contribution is -2.45. The molecule has 3 unspecified atom stereocenters. The zero-order valence-corrected chi connectivity index (χ0v) is 57.4. The van der Waals surface area contributed by atoms with Gasteiger partial charge in [0.1, 0.15) is 13.2 Å². The first-order valence-electron chi connectivity index (χ1n) is 35.5. The lowest BCUT2D eigenvalue weighted by Gasteiger charge is -2.29. The Labute approximate surface area is 532 Å². The summed E-state index contributed by atoms with van der Waals surface area (Å²) >= 11 is 0. The summed E-state index contributed by atoms with van der Waals surface area (Å²) in [4.78, 5) is 25.6. The highest BCUT2D eigenvalue weighted by atomic mass is 31.2. The van der Waals surface area contributed by atoms with Gasteiger partial charge in [0.2, 0.25) is 5.91 Å². The van der Waals surface area contributed by atoms with Gasteiger partial charge in [-0.25, -0.2) is 0 Å². The lowest BCUT2D eigenvalue weighted by molar-refractivity contribution is -0.870. The van der Waals surface area contributed by atoms with Gasteiger partial charge in [-0.2, -0.15) is 0 Å². The van der Waals surface area contributed by atoms with Crippen molar-refractivity contribution < 1.29 is 32.9 Å². The van der Waals surface area contributed by atoms with Crippen molar-refractivity contribution in [3.05, 3.63) is 134 Å². The van der Waals surface area contributed by atoms with E-state index in [9.17, 15) is 19.4 Å². The average Bonchev–Trinajstić information content (AvgIpc) is 3.70. The van der Waals surface area contributed by atoms with E-state index in [4.69, 9.17) is 9.05 Å². The van der Waals surface area contributed by atoms with Crippen LogP contribution >= 0.6 is 7.82 Å². The number of hydrogen-bond acceptors (Lipinski definition) is 6. The number of allylic oxidation sites excluding steroid dienone is 21. The summed E-state index contributed by atoms with van der Waals surface area (Å²) in [5, 5.41) is 13.9. The third-order valence-corrected chi connectivity index (χ3v) is 16.3. The molecule has 2 N–H and O–H groups in total. The molecule has 0 aromatic rings. The fraction of sp³-hybridized carbons (Fsp3) is 0.701. The lowest BCUT2D eigenvalue weighted by atomic mass is 10.0. The van der Waals surface area contributed by atoms with Crippen LogP contribution in [0.15, 0.2) is 134 Å². The van der Waals surface area contributed by atoms with E-state index in [1.165, 1.54) is 167 Å². The maximum atomic E-state index is 13.0. The van der Waals surface area contributed by atoms with Crippen LogP contribution in [0.1, 0.15) is 296 Å². The molecule has 0 rings (SSSR count). The summed E-state index contributed by atoms with van der Waals surface area (Å²) in [6, 6.07) is -0.922. The van der Waals surface area contributed by atoms with E-state index in [-0.39, 0.29) is 12.5 Å². The second-order valence-electron chi connectivity index (χ2n) is 24.8. The molecule has 0 aliphatic heterocycles. The van der Waals surface area contributed by atoms with Crippen LogP contribution in [0.4, 0.5) is 0 Å². The van der Waals surface area contributed by atoms with Crippen molar-refractivity contribution in [2.75, 3.05) is 40.9 Å². The fourth-order valence-electron chi connectivity index (χ4n) is 9.87. The maximum absolute atomic E-state index is 13.0. The highest BCUT2D eigenvalue weighted by molar-refractivity contribution is 7.45. The minimum Gasteiger partial charge on any atom is -0.756 e. The number of aliphatic hydroxyl groups is 1. The van der Waals surface area contributed by atoms with Crippen LogP contribution in [0.5, 0.6) is 0 Å². The van der Waals surface area contributed by atoms with Crippen LogP contribution in [0, 0.1) is 0 Å². The molecule has 0 spiro atoms. The molecular weight excluding hydrogens is 1080 g/mol. The van der Waals surface area contributed by atoms with Crippen molar-refractivity contribution in [1.82, 2.24) is 5.32 Å². The van der Waals surface area contributed by atoms with E-state index in [1.807, 2.05) is 27.2 Å². The molecule has 3 atom stereocenters. The molecule has 0 aromatic heterocycles. The third kappa shape index (κ3) is 68.1. The molecule has 0 aliphatic carbocycles. The number of rotatable bonds is 64. The number of carbonyl (C=O) groups is 1. The van der Waals surface area contributed by atoms with Gasteiger partial charge in [-0.05, 0) is 103 Å². The van der Waals surface area contributed by atoms with Crippen LogP contribution in [0.2, 0.25) is 0 Å². The Balaban J connectivity index is 4.19. The van der Waals surface area contributed by atoms with Crippen molar-refractivity contribution in [3.8, 4) is 0 Å². The first kappa shape index (κ1) is 82.6. The minimum absolute atomic E-state index is 0.0153. The highest BCUT2D eigenvalue weighted by Gasteiger charge is 2.23. The first-order valence-corrected chi connectivity index (χ1v) is 37.0. The number of carbonyl (C=O) groups excluding carboxylic acids is 1. The number of nitrogens with zero attached hydrogens (tertiary/aromatic N) is 1. The molecule has 8 nitrogen and oxygen atoms in total. The zero-order valence-electron chi connectivity index (χ0n) is 56.5. The van der Waals surface area contributed by atoms with E-state index in [0.29, 0.717) is 17.4 Å². The average molecular weight is 1220 g/mol. The van der Waals surface area contributed by atoms with Crippen molar-refractivity contribution >= 4 is 13.7 Å². The number of amides is 1. The monoisotopic (exact) mass is 1220 g/mol. The smallest absolute Gasteiger partial charge is 0.268 e. The van der Waals surface area contributed by atoms with Gasteiger partial charge < -0.3 is 28.8 Å². The molecular formula is C77H135N2O6P. The van der Waals surface area contributed by atoms with Gasteiger partial charge in [-0.15, -0.1) is 0 Å². The maximum Gasteiger partial charge on any atom is 0.268 e. The largest absolute Gasteiger partial charge is 0.756 e. The number of likely N-dealkylation sites (N-methyl/N-ethyl adjacent to an activating group) is 1. The number of quaternary nitrogens is 1. The van der Waals surface area contributed by atoms with E-state index in [2.05, 4.69) is 141 Å². The van der Waals surface area contributed by atoms with Gasteiger partial charge in [-0.3, -0.25) is 9.36 Å². The fourth-order valence-corrected chi connectivity index (χ4v) is 10.6. The zero-order chi connectivity index (χ0) is 62.6. The van der Waals surface area contributed by atoms with E-state index in [1.54, 1.807) is 6.08 Å². The highest BCUT2D eigenvalue weighted by Crippen LogP contribution is 2.38. The van der Waals surface area contributed by atoms with Gasteiger partial charge in [0.15, 0.2) is 0 Å². The topological polar surface area (TPSA) is 108 Å². The molecule has 0 saturated carbocycles. The molecule has 0 saturated heterocycles. The van der Waals surface area contributed by atoms with Crippen LogP contribution in [-0.4, -0.2) is 68.5 Å². The summed E-state index contributed by atoms with van der Waals surface area (Å²) in [5.41, 5.74) is 0. The normalized spacial score (nSPS) is 14.5. The second-order valence-corrected chi connectivity index (χ2v) is 26.3. The summed E-state index contributed by atoms with van der Waals surface area (Å²) < 4.78 is 23.4. The molecule has 1 amide bonds. The SMILES string of the molecule is CC/C=C\C/C=C\C/C=C\C/C=C\C/C=C\C/C=C\C/C=C\C/C=C\C/C=C\CCCCCCCCCC(=O)NC(COP(=O)([O-])OCC[N+](C)(C)C)C(O)/C=C/CC/C=C/CCCCCCCCCCCCCCCCCCCCCCCCC. The van der Waals surface area contributed by atoms with Gasteiger partial charge in [0.05, 0.1) is 39.9 Å². The number of phosphoric acid groups is 1. The summed E-state index contributed by atoms with van der Waals surface area (Å²) in [7, 11) is 1.22. The Morgan fingerprint density at radius 3 is 1.08 bits per heavy atom. The molecule has 9 heteroatoms. The molecule has 0 aliphatic rings. The number of aliphatic hydroxyl groups excluding tert-OH is 1. The molecule has 0 aromatic carbocycles. The van der Waals surface area contributed by atoms with Crippen LogP contribution in [0.25, 0.3) is 0 Å². The minimum atomic E-state index is -4.63. The van der Waals surface area contributed by atoms with Crippen molar-refractivity contribution in [3.63, 3.8) is 0 Å². The Hall–Kier alpha value is -3.36. The van der Waals surface area contributed by atoms with Crippen molar-refractivity contribution in [2.45, 2.75) is 309 Å². The Morgan fingerprint density at radius 1 is 0.419 bits per heavy atom. The molecule has 494 valence electrons. The van der Waals surface area contributed by atoms with Gasteiger partial charge in [0, 0.05) is 6.42 Å². The molecule has 0 bridgehead atoms. The van der Waals surface area contributed by atoms with Crippen LogP contribution < -0.4 is 10.2 Å². The van der Waals surface area contributed by atoms with Gasteiger partial charge in [0.25, 0.3) is 7.82 Å². The van der Waals surface area contributed by atoms with Crippen LogP contribution in [-0.2, 0) is 18.4 Å². The number of phosphoric ester groups is 1. The standard InChI is InChI=1S/C77H135N2O6P/c1-6-8-10-12-14-16-18-20-22-24-26-28-30-32-34-36-37-38-39-40-41-43-45-47-49-51-53-55-57-59-61-63-65-67-69-71-77(81)78-75(74-85-86(82,83)84-73-72-79(3,4)5)76(80)70-68-66-64-62-60-58-56-54-52-50-48-46-44-42-35-33-31-29-27-25-23-21-19-17-15-13-11-9-7-2/h8,10,14,16,20,22,26,28,32,34,37-38,40-41,45,47,51,53,60,62,68,70,75-76,80H,6-7,9,11-13,15,17-19,21,23-25,27,29-31,33,35-36,39,42-44,46,48-50,52,54-59,61,63-67,69,71-74H2,1-5H3,(H-,78,81,82,83)/b10-8-,16-14-,22-20-,28-26-,34-32-,38-37-,41-40-,47-45-,53-51-,62-60+,70-68+. The second kappa shape index (κ2) is 66.1. The quantitative estimate of drug-likeness (QED) is 0.0272. The molecule has 0 radical (unpaired) electrons. The van der Waals surface area contributed by atoms with Crippen molar-refractivity contribution in [1.29, 1.82) is 0 Å². The summed E-state index contributed by atoms with van der Waals surface area (Å²) in [6.45, 7) is 4.52. The Bertz CT molecular complexity index is 1870. The number of unbranched alkanes of at least 4 members (excludes halogenated alkanes) is 31. The van der Waals surface area contributed by atoms with E-state index in [0.717, 1.165) is 109 Å². The Kier molecular flexibility index (Phi) is 63.5. The summed E-state index contributed by atoms with van der Waals surface area (Å²) in [6.07, 6.45) is 100. The van der Waals surface area contributed by atoms with Crippen molar-refractivity contribution in [2.24, 2.45) is 0 Å². The number of nitrogens with one attached hydrogen (secondary N) is 1. The van der Waals surface area contributed by atoms with Gasteiger partial charge >= 0.3 is 0 Å². The van der Waals surface area contributed by atoms with E-state index >= 15 is 0 Å². The predicted molar refractivity (Wildman–Crippen MR) is 375 cm³/mol. The van der Waals surface area contributed by atoms with Gasteiger partial charge in [-0.1, -0.05) is 321 Å². The molecule has 0 fully saturated rings. The van der Waals surface area contributed by atoms with E-state index < -0.39 is 26.6 Å². The summed E-state index contributed by atoms with van der Waals surface area (Å²) in [5.74, 6) is -0.221. The number of hydrogen-bond donors (Lipinski definition) is 2. The first-order chi connectivity index (χ1) is 42.0. The molecule has 0 heterocycles. The van der Waals surface area contributed by atoms with Crippen LogP contribution in [0.3, 0.4) is 0 Å². The molecule has 86 heavy (non-hydrogen) atoms.